The van der Waals surface area contributed by atoms with Gasteiger partial charge in [0.2, 0.25) is 5.56 Å². The number of hydrogen-bond acceptors (Lipinski definition) is 5. The van der Waals surface area contributed by atoms with Crippen LogP contribution in [0.4, 0.5) is 0 Å². The van der Waals surface area contributed by atoms with Crippen LogP contribution in [0.5, 0.6) is 0 Å². The minimum Gasteiger partial charge on any atom is -0.385 e. The molecule has 0 saturated heterocycles. The summed E-state index contributed by atoms with van der Waals surface area (Å²) in [5.74, 6) is -0.775. The number of hydrogen-bond donors (Lipinski definition) is 4. The second-order valence-electron chi connectivity index (χ2n) is 5.13. The molecule has 0 fully saturated rings. The lowest BCUT2D eigenvalue weighted by Crippen LogP contribution is -2.32. The number of H-pyrrole nitrogens is 2. The van der Waals surface area contributed by atoms with Crippen LogP contribution in [0.15, 0.2) is 52.1 Å². The molecule has 4 N–H and O–H groups in total. The summed E-state index contributed by atoms with van der Waals surface area (Å²) in [5.41, 5.74) is -0.0841. The SMILES string of the molecule is O=C(NCC(O)c1cccc(=O)[nH]1)c1nc2ccccc2c(=O)[nH]1. The Labute approximate surface area is 135 Å². The number of carbonyl (C=O) groups excluding carboxylic acids is 1. The van der Waals surface area contributed by atoms with Gasteiger partial charge in [0.05, 0.1) is 10.9 Å². The number of benzene rings is 1. The van der Waals surface area contributed by atoms with Crippen LogP contribution in [0, 0.1) is 0 Å². The zero-order valence-electron chi connectivity index (χ0n) is 12.4. The highest BCUT2D eigenvalue weighted by molar-refractivity contribution is 5.92. The third-order valence-electron chi connectivity index (χ3n) is 3.43. The number of aliphatic hydroxyl groups excluding tert-OH is 1. The van der Waals surface area contributed by atoms with Crippen molar-refractivity contribution in [3.8, 4) is 0 Å². The van der Waals surface area contributed by atoms with Gasteiger partial charge >= 0.3 is 0 Å². The predicted octanol–water partition coefficient (Wildman–Crippen LogP) is 0.0748. The Morgan fingerprint density at radius 1 is 1.12 bits per heavy atom. The van der Waals surface area contributed by atoms with Crippen molar-refractivity contribution in [2.75, 3.05) is 6.54 Å². The molecule has 8 nitrogen and oxygen atoms in total. The summed E-state index contributed by atoms with van der Waals surface area (Å²) >= 11 is 0. The molecule has 0 spiro atoms. The van der Waals surface area contributed by atoms with E-state index < -0.39 is 17.6 Å². The Morgan fingerprint density at radius 2 is 1.92 bits per heavy atom. The minimum atomic E-state index is -1.09. The third-order valence-corrected chi connectivity index (χ3v) is 3.43. The number of nitrogens with one attached hydrogen (secondary N) is 3. The maximum absolute atomic E-state index is 12.1. The molecule has 122 valence electrons. The van der Waals surface area contributed by atoms with Crippen LogP contribution in [0.2, 0.25) is 0 Å². The van der Waals surface area contributed by atoms with E-state index in [0.717, 1.165) is 0 Å². The van der Waals surface area contributed by atoms with Crippen molar-refractivity contribution in [3.63, 3.8) is 0 Å². The van der Waals surface area contributed by atoms with Gasteiger partial charge in [0.1, 0.15) is 6.10 Å². The number of aromatic amines is 2. The number of para-hydroxylation sites is 1. The quantitative estimate of drug-likeness (QED) is 0.539. The third kappa shape index (κ3) is 3.23. The second kappa shape index (κ2) is 6.47. The number of pyridine rings is 1. The summed E-state index contributed by atoms with van der Waals surface area (Å²) in [6, 6.07) is 11.0. The van der Waals surface area contributed by atoms with Gasteiger partial charge in [-0.3, -0.25) is 14.4 Å². The van der Waals surface area contributed by atoms with E-state index in [-0.39, 0.29) is 23.6 Å². The number of amides is 1. The van der Waals surface area contributed by atoms with E-state index in [9.17, 15) is 19.5 Å². The van der Waals surface area contributed by atoms with Crippen molar-refractivity contribution in [2.45, 2.75) is 6.10 Å². The van der Waals surface area contributed by atoms with E-state index in [1.807, 2.05) is 0 Å². The van der Waals surface area contributed by atoms with Gasteiger partial charge in [-0.15, -0.1) is 0 Å². The molecule has 1 unspecified atom stereocenters. The Kier molecular flexibility index (Phi) is 4.21. The fraction of sp³-hybridized carbons (Fsp3) is 0.125. The molecule has 8 heteroatoms. The largest absolute Gasteiger partial charge is 0.385 e. The van der Waals surface area contributed by atoms with Crippen molar-refractivity contribution >= 4 is 16.8 Å². The van der Waals surface area contributed by atoms with Crippen LogP contribution in [0.3, 0.4) is 0 Å². The predicted molar refractivity (Wildman–Crippen MR) is 86.7 cm³/mol. The van der Waals surface area contributed by atoms with Crippen LogP contribution in [-0.4, -0.2) is 32.5 Å². The van der Waals surface area contributed by atoms with Gasteiger partial charge in [-0.05, 0) is 18.2 Å². The minimum absolute atomic E-state index is 0.144. The topological polar surface area (TPSA) is 128 Å². The monoisotopic (exact) mass is 326 g/mol. The highest BCUT2D eigenvalue weighted by atomic mass is 16.3. The number of aliphatic hydroxyl groups is 1. The van der Waals surface area contributed by atoms with E-state index in [0.29, 0.717) is 10.9 Å². The Balaban J connectivity index is 1.75. The van der Waals surface area contributed by atoms with Crippen LogP contribution < -0.4 is 16.4 Å². The Morgan fingerprint density at radius 3 is 2.71 bits per heavy atom. The molecule has 0 aliphatic carbocycles. The molecule has 0 aliphatic rings. The molecule has 3 aromatic rings. The summed E-state index contributed by atoms with van der Waals surface area (Å²) < 4.78 is 0. The molecule has 0 aliphatic heterocycles. The summed E-state index contributed by atoms with van der Waals surface area (Å²) in [7, 11) is 0. The molecule has 2 aromatic heterocycles. The summed E-state index contributed by atoms with van der Waals surface area (Å²) in [4.78, 5) is 44.2. The second-order valence-corrected chi connectivity index (χ2v) is 5.13. The zero-order valence-corrected chi connectivity index (χ0v) is 12.4. The fourth-order valence-corrected chi connectivity index (χ4v) is 2.24. The number of fused-ring (bicyclic) bond motifs is 1. The summed E-state index contributed by atoms with van der Waals surface area (Å²) in [5, 5.41) is 12.8. The van der Waals surface area contributed by atoms with Gasteiger partial charge in [0, 0.05) is 18.3 Å². The van der Waals surface area contributed by atoms with Crippen LogP contribution in [0.25, 0.3) is 10.9 Å². The van der Waals surface area contributed by atoms with Crippen LogP contribution in [-0.2, 0) is 0 Å². The zero-order chi connectivity index (χ0) is 17.1. The first-order valence-corrected chi connectivity index (χ1v) is 7.19. The Hall–Kier alpha value is -3.26. The van der Waals surface area contributed by atoms with Gasteiger partial charge in [0.25, 0.3) is 11.5 Å². The first-order chi connectivity index (χ1) is 11.5. The van der Waals surface area contributed by atoms with Crippen molar-refractivity contribution in [1.29, 1.82) is 0 Å². The maximum Gasteiger partial charge on any atom is 0.287 e. The fourth-order valence-electron chi connectivity index (χ4n) is 2.24. The maximum atomic E-state index is 12.1. The number of nitrogens with zero attached hydrogens (tertiary/aromatic N) is 1. The van der Waals surface area contributed by atoms with Crippen molar-refractivity contribution in [1.82, 2.24) is 20.3 Å². The molecule has 0 bridgehead atoms. The summed E-state index contributed by atoms with van der Waals surface area (Å²) in [6.45, 7) is -0.144. The number of rotatable bonds is 4. The molecule has 24 heavy (non-hydrogen) atoms. The number of aromatic nitrogens is 3. The first-order valence-electron chi connectivity index (χ1n) is 7.19. The Bertz CT molecular complexity index is 1010. The van der Waals surface area contributed by atoms with Crippen LogP contribution in [0.1, 0.15) is 22.4 Å². The molecule has 1 atom stereocenters. The first kappa shape index (κ1) is 15.6. The van der Waals surface area contributed by atoms with E-state index >= 15 is 0 Å². The number of carbonyl (C=O) groups is 1. The van der Waals surface area contributed by atoms with Crippen molar-refractivity contribution in [3.05, 3.63) is 74.7 Å². The van der Waals surface area contributed by atoms with E-state index in [4.69, 9.17) is 0 Å². The van der Waals surface area contributed by atoms with Gasteiger partial charge in [-0.25, -0.2) is 4.98 Å². The lowest BCUT2D eigenvalue weighted by Gasteiger charge is -2.11. The summed E-state index contributed by atoms with van der Waals surface area (Å²) in [6.07, 6.45) is -1.09. The molecular weight excluding hydrogens is 312 g/mol. The lowest BCUT2D eigenvalue weighted by molar-refractivity contribution is 0.0904. The van der Waals surface area contributed by atoms with Crippen molar-refractivity contribution < 1.29 is 9.90 Å². The standard InChI is InChI=1S/C16H14N4O4/c21-12(11-6-3-7-13(22)18-11)8-17-16(24)14-19-10-5-2-1-4-9(10)15(23)20-14/h1-7,12,21H,8H2,(H,17,24)(H,18,22)(H,19,20,23). The molecule has 3 rings (SSSR count). The van der Waals surface area contributed by atoms with Gasteiger partial charge < -0.3 is 20.4 Å². The average molecular weight is 326 g/mol. The van der Waals surface area contributed by atoms with E-state index in [1.54, 1.807) is 24.3 Å². The van der Waals surface area contributed by atoms with Crippen molar-refractivity contribution in [2.24, 2.45) is 0 Å². The lowest BCUT2D eigenvalue weighted by atomic mass is 10.2. The molecule has 1 aromatic carbocycles. The van der Waals surface area contributed by atoms with E-state index in [2.05, 4.69) is 20.3 Å². The molecule has 0 saturated carbocycles. The van der Waals surface area contributed by atoms with Gasteiger partial charge in [0.15, 0.2) is 5.82 Å². The highest BCUT2D eigenvalue weighted by Gasteiger charge is 2.14. The normalized spacial score (nSPS) is 12.0. The average Bonchev–Trinajstić information content (AvgIpc) is 2.59. The van der Waals surface area contributed by atoms with Gasteiger partial charge in [-0.1, -0.05) is 18.2 Å². The molecule has 2 heterocycles. The molecular formula is C16H14N4O4. The molecule has 0 radical (unpaired) electrons. The van der Waals surface area contributed by atoms with Crippen LogP contribution >= 0.6 is 0 Å². The highest BCUT2D eigenvalue weighted by Crippen LogP contribution is 2.07. The smallest absolute Gasteiger partial charge is 0.287 e. The molecule has 1 amide bonds. The van der Waals surface area contributed by atoms with Gasteiger partial charge in [-0.2, -0.15) is 0 Å². The van der Waals surface area contributed by atoms with E-state index in [1.165, 1.54) is 18.2 Å².